The zero-order valence-corrected chi connectivity index (χ0v) is 12.3. The first-order valence-corrected chi connectivity index (χ1v) is 7.59. The van der Waals surface area contributed by atoms with E-state index in [0.29, 0.717) is 24.2 Å². The van der Waals surface area contributed by atoms with Gasteiger partial charge in [-0.25, -0.2) is 0 Å². The molecule has 0 radical (unpaired) electrons. The molecular formula is C15H21N3O3. The van der Waals surface area contributed by atoms with Crippen LogP contribution in [0.25, 0.3) is 0 Å². The van der Waals surface area contributed by atoms with Crippen molar-refractivity contribution in [2.75, 3.05) is 20.2 Å². The first-order chi connectivity index (χ1) is 10.3. The molecule has 1 unspecified atom stereocenters. The molecule has 0 spiro atoms. The normalized spacial score (nSPS) is 22.5. The Balaban J connectivity index is 1.56. The number of hydrogen-bond acceptors (Lipinski definition) is 5. The van der Waals surface area contributed by atoms with Crippen molar-refractivity contribution in [3.05, 3.63) is 12.1 Å². The molecule has 1 aliphatic heterocycles. The Kier molecular flexibility index (Phi) is 4.22. The fraction of sp³-hybridized carbons (Fsp3) is 0.667. The van der Waals surface area contributed by atoms with Gasteiger partial charge in [0.25, 0.3) is 0 Å². The lowest BCUT2D eigenvalue weighted by Gasteiger charge is -2.36. The van der Waals surface area contributed by atoms with Crippen molar-refractivity contribution in [1.82, 2.24) is 15.1 Å². The molecule has 1 saturated heterocycles. The molecule has 0 N–H and O–H groups in total. The molecule has 6 heteroatoms. The summed E-state index contributed by atoms with van der Waals surface area (Å²) in [5.74, 6) is 1.51. The topological polar surface area (TPSA) is 64.6 Å². The lowest BCUT2D eigenvalue weighted by Crippen LogP contribution is -2.47. The highest BCUT2D eigenvalue weighted by Crippen LogP contribution is 2.29. The second-order valence-electron chi connectivity index (χ2n) is 5.71. The van der Waals surface area contributed by atoms with Gasteiger partial charge in [-0.2, -0.15) is 0 Å². The van der Waals surface area contributed by atoms with Crippen LogP contribution >= 0.6 is 0 Å². The predicted octanol–water partition coefficient (Wildman–Crippen LogP) is 1.66. The Bertz CT molecular complexity index is 487. The molecule has 6 nitrogen and oxygen atoms in total. The van der Waals surface area contributed by atoms with Gasteiger partial charge >= 0.3 is 0 Å². The molecule has 21 heavy (non-hydrogen) atoms. The summed E-state index contributed by atoms with van der Waals surface area (Å²) >= 11 is 0. The summed E-state index contributed by atoms with van der Waals surface area (Å²) in [7, 11) is 1.55. The van der Waals surface area contributed by atoms with Crippen LogP contribution in [0.2, 0.25) is 0 Å². The number of methoxy groups -OCH3 is 1. The maximum Gasteiger partial charge on any atom is 0.233 e. The Hall–Kier alpha value is -1.85. The van der Waals surface area contributed by atoms with Gasteiger partial charge in [-0.15, -0.1) is 10.2 Å². The average Bonchev–Trinajstić information content (AvgIpc) is 2.46. The lowest BCUT2D eigenvalue weighted by molar-refractivity contribution is -0.140. The third-order valence-corrected chi connectivity index (χ3v) is 4.26. The number of likely N-dealkylation sites (tertiary alicyclic amines) is 1. The summed E-state index contributed by atoms with van der Waals surface area (Å²) in [4.78, 5) is 14.2. The molecule has 1 aromatic heterocycles. The zero-order chi connectivity index (χ0) is 14.7. The van der Waals surface area contributed by atoms with Gasteiger partial charge < -0.3 is 14.4 Å². The number of nitrogens with zero attached hydrogens (tertiary/aromatic N) is 3. The average molecular weight is 291 g/mol. The summed E-state index contributed by atoms with van der Waals surface area (Å²) in [6, 6.07) is 3.47. The third kappa shape index (κ3) is 3.25. The van der Waals surface area contributed by atoms with Crippen molar-refractivity contribution in [3.63, 3.8) is 0 Å². The van der Waals surface area contributed by atoms with E-state index in [2.05, 4.69) is 10.2 Å². The molecule has 1 saturated carbocycles. The van der Waals surface area contributed by atoms with Crippen molar-refractivity contribution < 1.29 is 14.3 Å². The maximum absolute atomic E-state index is 12.3. The maximum atomic E-state index is 12.3. The number of carbonyl (C=O) groups excluding carboxylic acids is 1. The molecule has 114 valence electrons. The van der Waals surface area contributed by atoms with Crippen LogP contribution < -0.4 is 9.47 Å². The first kappa shape index (κ1) is 14.1. The molecule has 2 heterocycles. The van der Waals surface area contributed by atoms with E-state index in [1.807, 2.05) is 4.90 Å². The number of ether oxygens (including phenoxy) is 2. The molecule has 0 bridgehead atoms. The number of amides is 1. The lowest BCUT2D eigenvalue weighted by atomic mass is 9.84. The van der Waals surface area contributed by atoms with E-state index >= 15 is 0 Å². The minimum Gasteiger partial charge on any atom is -0.480 e. The van der Waals surface area contributed by atoms with E-state index in [9.17, 15) is 4.79 Å². The van der Waals surface area contributed by atoms with E-state index in [4.69, 9.17) is 9.47 Å². The summed E-state index contributed by atoms with van der Waals surface area (Å²) in [5.41, 5.74) is 0. The number of rotatable bonds is 4. The van der Waals surface area contributed by atoms with Crippen LogP contribution in [0.5, 0.6) is 11.8 Å². The van der Waals surface area contributed by atoms with Gasteiger partial charge in [-0.1, -0.05) is 6.42 Å². The molecule has 3 rings (SSSR count). The quantitative estimate of drug-likeness (QED) is 0.844. The number of hydrogen-bond donors (Lipinski definition) is 0. The summed E-state index contributed by atoms with van der Waals surface area (Å²) in [6.07, 6.45) is 5.21. The Labute approximate surface area is 124 Å². The van der Waals surface area contributed by atoms with Crippen LogP contribution in [-0.2, 0) is 4.79 Å². The summed E-state index contributed by atoms with van der Waals surface area (Å²) < 4.78 is 10.8. The molecule has 1 atom stereocenters. The molecule has 0 aromatic carbocycles. The second kappa shape index (κ2) is 6.28. The van der Waals surface area contributed by atoms with E-state index in [-0.39, 0.29) is 12.0 Å². The van der Waals surface area contributed by atoms with Gasteiger partial charge in [0.15, 0.2) is 0 Å². The monoisotopic (exact) mass is 291 g/mol. The molecule has 2 aliphatic rings. The molecule has 1 aromatic rings. The summed E-state index contributed by atoms with van der Waals surface area (Å²) in [6.45, 7) is 1.51. The van der Waals surface area contributed by atoms with Crippen LogP contribution in [0.4, 0.5) is 0 Å². The Morgan fingerprint density at radius 3 is 2.57 bits per heavy atom. The summed E-state index contributed by atoms with van der Waals surface area (Å²) in [5, 5.41) is 7.86. The highest BCUT2D eigenvalue weighted by Gasteiger charge is 2.32. The van der Waals surface area contributed by atoms with Crippen LogP contribution in [-0.4, -0.2) is 47.3 Å². The van der Waals surface area contributed by atoms with E-state index in [1.165, 1.54) is 6.42 Å². The Morgan fingerprint density at radius 1 is 1.19 bits per heavy atom. The molecule has 1 amide bonds. The van der Waals surface area contributed by atoms with Gasteiger partial charge in [0, 0.05) is 24.6 Å². The minimum atomic E-state index is 0.00507. The SMILES string of the molecule is COc1ccc(OC2CCCN(C(=O)C3CCC3)C2)nn1. The standard InChI is InChI=1S/C15H21N3O3/c1-20-13-7-8-14(17-16-13)21-12-6-3-9-18(10-12)15(19)11-4-2-5-11/h7-8,11-12H,2-6,9-10H2,1H3. The Morgan fingerprint density at radius 2 is 1.95 bits per heavy atom. The van der Waals surface area contributed by atoms with E-state index < -0.39 is 0 Å². The van der Waals surface area contributed by atoms with Crippen molar-refractivity contribution in [2.24, 2.45) is 5.92 Å². The van der Waals surface area contributed by atoms with Crippen molar-refractivity contribution >= 4 is 5.91 Å². The second-order valence-corrected chi connectivity index (χ2v) is 5.71. The highest BCUT2D eigenvalue weighted by molar-refractivity contribution is 5.79. The van der Waals surface area contributed by atoms with Gasteiger partial charge in [-0.05, 0) is 25.7 Å². The first-order valence-electron chi connectivity index (χ1n) is 7.59. The highest BCUT2D eigenvalue weighted by atomic mass is 16.5. The van der Waals surface area contributed by atoms with Gasteiger partial charge in [-0.3, -0.25) is 4.79 Å². The van der Waals surface area contributed by atoms with Crippen LogP contribution in [0.1, 0.15) is 32.1 Å². The smallest absolute Gasteiger partial charge is 0.233 e. The van der Waals surface area contributed by atoms with E-state index in [0.717, 1.165) is 32.2 Å². The molecule has 2 fully saturated rings. The van der Waals surface area contributed by atoms with Crippen molar-refractivity contribution in [1.29, 1.82) is 0 Å². The number of piperidine rings is 1. The van der Waals surface area contributed by atoms with E-state index in [1.54, 1.807) is 19.2 Å². The third-order valence-electron chi connectivity index (χ3n) is 4.26. The van der Waals surface area contributed by atoms with Crippen molar-refractivity contribution in [3.8, 4) is 11.8 Å². The van der Waals surface area contributed by atoms with Gasteiger partial charge in [0.2, 0.25) is 17.7 Å². The minimum absolute atomic E-state index is 0.00507. The molecule has 1 aliphatic carbocycles. The predicted molar refractivity (Wildman–Crippen MR) is 76.2 cm³/mol. The van der Waals surface area contributed by atoms with Crippen LogP contribution in [0, 0.1) is 5.92 Å². The van der Waals surface area contributed by atoms with Crippen LogP contribution in [0.3, 0.4) is 0 Å². The number of aromatic nitrogens is 2. The van der Waals surface area contributed by atoms with Crippen LogP contribution in [0.15, 0.2) is 12.1 Å². The largest absolute Gasteiger partial charge is 0.480 e. The van der Waals surface area contributed by atoms with Gasteiger partial charge in [0.05, 0.1) is 13.7 Å². The van der Waals surface area contributed by atoms with Crippen molar-refractivity contribution in [2.45, 2.75) is 38.2 Å². The molecular weight excluding hydrogens is 270 g/mol. The van der Waals surface area contributed by atoms with Gasteiger partial charge in [0.1, 0.15) is 6.10 Å². The fourth-order valence-corrected chi connectivity index (χ4v) is 2.80. The zero-order valence-electron chi connectivity index (χ0n) is 12.3. The fourth-order valence-electron chi connectivity index (χ4n) is 2.80. The number of carbonyl (C=O) groups is 1.